The Morgan fingerprint density at radius 3 is 2.25 bits per heavy atom. The van der Waals surface area contributed by atoms with Crippen LogP contribution in [0.5, 0.6) is 17.2 Å². The van der Waals surface area contributed by atoms with Crippen LogP contribution in [0.3, 0.4) is 0 Å². The number of hydrogen-bond donors (Lipinski definition) is 0. The fourth-order valence-corrected chi connectivity index (χ4v) is 3.96. The topological polar surface area (TPSA) is 83.4 Å². The number of hydrogen-bond acceptors (Lipinski definition) is 7. The van der Waals surface area contributed by atoms with E-state index in [4.69, 9.17) is 19.3 Å². The minimum absolute atomic E-state index is 0.0380. The number of ether oxygens (including phenoxy) is 3. The summed E-state index contributed by atoms with van der Waals surface area (Å²) in [5.74, 6) is -0.114. The second kappa shape index (κ2) is 9.01. The Morgan fingerprint density at radius 2 is 1.66 bits per heavy atom. The zero-order chi connectivity index (χ0) is 22.7. The molecule has 0 spiro atoms. The van der Waals surface area contributed by atoms with Gasteiger partial charge in [0.25, 0.3) is 0 Å². The van der Waals surface area contributed by atoms with Crippen LogP contribution in [0.2, 0.25) is 0 Å². The van der Waals surface area contributed by atoms with Gasteiger partial charge in [0.15, 0.2) is 11.5 Å². The molecule has 0 saturated heterocycles. The van der Waals surface area contributed by atoms with Gasteiger partial charge in [0.2, 0.25) is 0 Å². The van der Waals surface area contributed by atoms with Gasteiger partial charge in [0, 0.05) is 12.0 Å². The third-order valence-electron chi connectivity index (χ3n) is 5.50. The van der Waals surface area contributed by atoms with Gasteiger partial charge in [0.1, 0.15) is 5.75 Å². The molecule has 0 saturated carbocycles. The number of anilines is 1. The van der Waals surface area contributed by atoms with E-state index in [0.29, 0.717) is 17.7 Å². The van der Waals surface area contributed by atoms with Gasteiger partial charge in [-0.1, -0.05) is 24.3 Å². The molecule has 1 atom stereocenters. The SMILES string of the molecule is COc1ccc(C2=NN(c3ccccc3)[C@@H](c3ccc(OC)c(OC)c3C(=O)[O-])C2)cc1. The number of benzene rings is 3. The van der Waals surface area contributed by atoms with Crippen molar-refractivity contribution in [3.8, 4) is 17.2 Å². The number of methoxy groups -OCH3 is 3. The van der Waals surface area contributed by atoms with Crippen LogP contribution in [-0.2, 0) is 0 Å². The van der Waals surface area contributed by atoms with Gasteiger partial charge >= 0.3 is 0 Å². The molecule has 32 heavy (non-hydrogen) atoms. The van der Waals surface area contributed by atoms with Crippen molar-refractivity contribution in [1.82, 2.24) is 0 Å². The number of rotatable bonds is 7. The number of nitrogens with zero attached hydrogens (tertiary/aromatic N) is 2. The molecule has 1 aliphatic rings. The van der Waals surface area contributed by atoms with Crippen molar-refractivity contribution < 1.29 is 24.1 Å². The second-order valence-corrected chi connectivity index (χ2v) is 7.23. The van der Waals surface area contributed by atoms with Crippen LogP contribution in [0.25, 0.3) is 0 Å². The molecular weight excluding hydrogens is 408 g/mol. The lowest BCUT2D eigenvalue weighted by molar-refractivity contribution is -0.255. The average Bonchev–Trinajstić information content (AvgIpc) is 3.28. The van der Waals surface area contributed by atoms with Crippen LogP contribution in [0, 0.1) is 0 Å². The standard InChI is InChI=1S/C25H24N2O5/c1-30-18-11-9-16(10-12-18)20-15-21(27(26-20)17-7-5-4-6-8-17)19-13-14-22(31-2)24(32-3)23(19)25(28)29/h4-14,21H,15H2,1-3H3,(H,28,29)/p-1/t21-/m1/s1. The summed E-state index contributed by atoms with van der Waals surface area (Å²) in [6, 6.07) is 20.3. The quantitative estimate of drug-likeness (QED) is 0.570. The summed E-state index contributed by atoms with van der Waals surface area (Å²) in [5.41, 5.74) is 3.12. The highest BCUT2D eigenvalue weighted by Crippen LogP contribution is 2.42. The first kappa shape index (κ1) is 21.2. The molecule has 0 N–H and O–H groups in total. The number of carboxylic acid groups (broad SMARTS) is 1. The molecule has 0 aromatic heterocycles. The van der Waals surface area contributed by atoms with Crippen LogP contribution in [0.15, 0.2) is 71.8 Å². The summed E-state index contributed by atoms with van der Waals surface area (Å²) in [6.07, 6.45) is 0.497. The van der Waals surface area contributed by atoms with E-state index in [-0.39, 0.29) is 17.4 Å². The minimum atomic E-state index is -1.33. The molecule has 0 unspecified atom stereocenters. The molecule has 0 aliphatic carbocycles. The molecule has 3 aromatic rings. The normalized spacial score (nSPS) is 15.3. The van der Waals surface area contributed by atoms with Gasteiger partial charge in [0.05, 0.1) is 44.7 Å². The lowest BCUT2D eigenvalue weighted by atomic mass is 9.93. The van der Waals surface area contributed by atoms with Crippen molar-refractivity contribution in [1.29, 1.82) is 0 Å². The molecule has 0 radical (unpaired) electrons. The first-order valence-electron chi connectivity index (χ1n) is 10.1. The fourth-order valence-electron chi connectivity index (χ4n) is 3.96. The summed E-state index contributed by atoms with van der Waals surface area (Å²) >= 11 is 0. The summed E-state index contributed by atoms with van der Waals surface area (Å²) in [5, 5.41) is 18.9. The Kier molecular flexibility index (Phi) is 5.98. The van der Waals surface area contributed by atoms with Crippen molar-refractivity contribution >= 4 is 17.4 Å². The number of carboxylic acids is 1. The van der Waals surface area contributed by atoms with Gasteiger partial charge < -0.3 is 24.1 Å². The molecule has 164 valence electrons. The van der Waals surface area contributed by atoms with Gasteiger partial charge in [-0.25, -0.2) is 0 Å². The van der Waals surface area contributed by atoms with Crippen molar-refractivity contribution in [2.24, 2.45) is 5.10 Å². The zero-order valence-corrected chi connectivity index (χ0v) is 18.1. The smallest absolute Gasteiger partial charge is 0.170 e. The average molecular weight is 431 g/mol. The Balaban J connectivity index is 1.83. The highest BCUT2D eigenvalue weighted by molar-refractivity contribution is 6.04. The summed E-state index contributed by atoms with van der Waals surface area (Å²) in [4.78, 5) is 12.2. The molecular formula is C25H23N2O5-. The van der Waals surface area contributed by atoms with Crippen LogP contribution >= 0.6 is 0 Å². The first-order chi connectivity index (χ1) is 15.6. The molecule has 3 aromatic carbocycles. The third-order valence-corrected chi connectivity index (χ3v) is 5.50. The molecule has 0 amide bonds. The molecule has 7 heteroatoms. The zero-order valence-electron chi connectivity index (χ0n) is 18.1. The van der Waals surface area contributed by atoms with E-state index >= 15 is 0 Å². The highest BCUT2D eigenvalue weighted by Gasteiger charge is 2.33. The van der Waals surface area contributed by atoms with E-state index in [0.717, 1.165) is 22.7 Å². The van der Waals surface area contributed by atoms with Crippen molar-refractivity contribution in [2.75, 3.05) is 26.3 Å². The second-order valence-electron chi connectivity index (χ2n) is 7.23. The maximum absolute atomic E-state index is 12.2. The largest absolute Gasteiger partial charge is 0.545 e. The highest BCUT2D eigenvalue weighted by atomic mass is 16.5. The fraction of sp³-hybridized carbons (Fsp3) is 0.200. The molecule has 0 bridgehead atoms. The monoisotopic (exact) mass is 431 g/mol. The van der Waals surface area contributed by atoms with E-state index in [1.54, 1.807) is 19.2 Å². The number of para-hydroxylation sites is 1. The number of hydrazone groups is 1. The predicted molar refractivity (Wildman–Crippen MR) is 120 cm³/mol. The molecule has 4 rings (SSSR count). The molecule has 1 heterocycles. The van der Waals surface area contributed by atoms with E-state index < -0.39 is 5.97 Å². The maximum Gasteiger partial charge on any atom is 0.170 e. The molecule has 0 fully saturated rings. The predicted octanol–water partition coefficient (Wildman–Crippen LogP) is 3.43. The third kappa shape index (κ3) is 3.85. The van der Waals surface area contributed by atoms with Crippen LogP contribution < -0.4 is 24.3 Å². The lowest BCUT2D eigenvalue weighted by Crippen LogP contribution is -2.28. The summed E-state index contributed by atoms with van der Waals surface area (Å²) in [7, 11) is 4.50. The van der Waals surface area contributed by atoms with Crippen molar-refractivity contribution in [3.63, 3.8) is 0 Å². The van der Waals surface area contributed by atoms with E-state index in [9.17, 15) is 9.90 Å². The molecule has 1 aliphatic heterocycles. The Hall–Kier alpha value is -4.00. The molecule has 7 nitrogen and oxygen atoms in total. The van der Waals surface area contributed by atoms with Gasteiger partial charge in [-0.3, -0.25) is 5.01 Å². The van der Waals surface area contributed by atoms with E-state index in [2.05, 4.69) is 0 Å². The Morgan fingerprint density at radius 1 is 0.938 bits per heavy atom. The maximum atomic E-state index is 12.2. The summed E-state index contributed by atoms with van der Waals surface area (Å²) in [6.45, 7) is 0. The van der Waals surface area contributed by atoms with Gasteiger partial charge in [-0.2, -0.15) is 5.10 Å². The van der Waals surface area contributed by atoms with E-state index in [1.165, 1.54) is 14.2 Å². The van der Waals surface area contributed by atoms with Crippen molar-refractivity contribution in [3.05, 3.63) is 83.4 Å². The lowest BCUT2D eigenvalue weighted by Gasteiger charge is -2.27. The first-order valence-corrected chi connectivity index (χ1v) is 10.1. The van der Waals surface area contributed by atoms with Crippen LogP contribution in [0.4, 0.5) is 5.69 Å². The van der Waals surface area contributed by atoms with E-state index in [1.807, 2.05) is 59.6 Å². The Labute approximate surface area is 186 Å². The Bertz CT molecular complexity index is 1140. The van der Waals surface area contributed by atoms with Gasteiger partial charge in [-0.05, 0) is 53.6 Å². The van der Waals surface area contributed by atoms with Crippen molar-refractivity contribution in [2.45, 2.75) is 12.5 Å². The summed E-state index contributed by atoms with van der Waals surface area (Å²) < 4.78 is 15.9. The number of carbonyl (C=O) groups is 1. The van der Waals surface area contributed by atoms with Crippen LogP contribution in [-0.4, -0.2) is 33.0 Å². The van der Waals surface area contributed by atoms with Crippen LogP contribution in [0.1, 0.15) is 33.9 Å². The minimum Gasteiger partial charge on any atom is -0.545 e. The number of aromatic carboxylic acids is 1. The van der Waals surface area contributed by atoms with Gasteiger partial charge in [-0.15, -0.1) is 0 Å². The number of carbonyl (C=O) groups excluding carboxylic acids is 1.